The van der Waals surface area contributed by atoms with Gasteiger partial charge in [0, 0.05) is 6.42 Å². The molecule has 5 aliphatic rings. The van der Waals surface area contributed by atoms with Gasteiger partial charge in [-0.25, -0.2) is 8.42 Å². The minimum absolute atomic E-state index is 0.175. The standard InChI is InChI=1S/C24H29F3N2O5S/c25-24(26,27)34-17-2-4-18(5-3-17)35(32,33)29-23(6-1-7-23)19(30)13-21-9-15-8-16(10-21)12-22(11-15,14-21)20(28)31/h2-5,15-16,29H,1,6-14H2,(H2,28,31). The molecule has 11 heteroatoms. The van der Waals surface area contributed by atoms with E-state index in [-0.39, 0.29) is 28.4 Å². The molecule has 0 aromatic heterocycles. The average molecular weight is 515 g/mol. The van der Waals surface area contributed by atoms with Crippen LogP contribution in [0, 0.1) is 22.7 Å². The zero-order valence-corrected chi connectivity index (χ0v) is 20.0. The number of alkyl halides is 3. The Balaban J connectivity index is 1.33. The summed E-state index contributed by atoms with van der Waals surface area (Å²) in [5.41, 5.74) is 3.69. The van der Waals surface area contributed by atoms with E-state index in [9.17, 15) is 31.2 Å². The lowest BCUT2D eigenvalue weighted by atomic mass is 9.43. The number of ether oxygens (including phenoxy) is 1. The van der Waals surface area contributed by atoms with Crippen LogP contribution in [0.2, 0.25) is 0 Å². The zero-order chi connectivity index (χ0) is 25.3. The van der Waals surface area contributed by atoms with Crippen molar-refractivity contribution in [1.29, 1.82) is 0 Å². The predicted molar refractivity (Wildman–Crippen MR) is 118 cm³/mol. The summed E-state index contributed by atoms with van der Waals surface area (Å²) in [4.78, 5) is 25.8. The number of Topliss-reactive ketones (excluding diaryl/α,β-unsaturated/α-hetero) is 1. The highest BCUT2D eigenvalue weighted by molar-refractivity contribution is 7.89. The van der Waals surface area contributed by atoms with Gasteiger partial charge < -0.3 is 10.5 Å². The molecule has 5 saturated carbocycles. The van der Waals surface area contributed by atoms with Crippen molar-refractivity contribution in [3.05, 3.63) is 24.3 Å². The molecule has 7 nitrogen and oxygen atoms in total. The quantitative estimate of drug-likeness (QED) is 0.547. The largest absolute Gasteiger partial charge is 0.573 e. The van der Waals surface area contributed by atoms with Crippen molar-refractivity contribution in [2.24, 2.45) is 28.4 Å². The molecule has 5 fully saturated rings. The Morgan fingerprint density at radius 1 is 1.06 bits per heavy atom. The molecule has 1 amide bonds. The number of carbonyl (C=O) groups is 2. The number of ketones is 1. The van der Waals surface area contributed by atoms with Crippen LogP contribution in [-0.2, 0) is 19.6 Å². The maximum atomic E-state index is 13.6. The van der Waals surface area contributed by atoms with Crippen molar-refractivity contribution in [2.75, 3.05) is 0 Å². The van der Waals surface area contributed by atoms with Crippen LogP contribution >= 0.6 is 0 Å². The molecule has 0 aliphatic heterocycles. The normalized spacial score (nSPS) is 33.2. The summed E-state index contributed by atoms with van der Waals surface area (Å²) in [7, 11) is -4.16. The zero-order valence-electron chi connectivity index (χ0n) is 19.2. The molecule has 0 saturated heterocycles. The van der Waals surface area contributed by atoms with Gasteiger partial charge in [-0.3, -0.25) is 9.59 Å². The van der Waals surface area contributed by atoms with E-state index in [4.69, 9.17) is 5.73 Å². The monoisotopic (exact) mass is 514 g/mol. The summed E-state index contributed by atoms with van der Waals surface area (Å²) in [6, 6.07) is 3.90. The Bertz CT molecular complexity index is 1130. The third kappa shape index (κ3) is 4.45. The number of nitrogens with one attached hydrogen (secondary N) is 1. The van der Waals surface area contributed by atoms with E-state index in [0.29, 0.717) is 37.5 Å². The average Bonchev–Trinajstić information content (AvgIpc) is 2.68. The number of primary amides is 1. The minimum Gasteiger partial charge on any atom is -0.406 e. The molecular weight excluding hydrogens is 485 g/mol. The van der Waals surface area contributed by atoms with Crippen molar-refractivity contribution in [1.82, 2.24) is 4.72 Å². The Kier molecular flexibility index (Phi) is 5.56. The molecular formula is C24H29F3N2O5S. The molecule has 1 aromatic rings. The van der Waals surface area contributed by atoms with Gasteiger partial charge in [-0.2, -0.15) is 4.72 Å². The van der Waals surface area contributed by atoms with Gasteiger partial charge in [-0.15, -0.1) is 13.2 Å². The number of sulfonamides is 1. The maximum Gasteiger partial charge on any atom is 0.573 e. The van der Waals surface area contributed by atoms with Gasteiger partial charge in [-0.1, -0.05) is 0 Å². The fourth-order valence-electron chi connectivity index (χ4n) is 7.56. The first-order chi connectivity index (χ1) is 16.2. The molecule has 0 radical (unpaired) electrons. The second kappa shape index (κ2) is 7.93. The summed E-state index contributed by atoms with van der Waals surface area (Å²) < 4.78 is 69.7. The van der Waals surface area contributed by atoms with E-state index in [1.807, 2.05) is 0 Å². The summed E-state index contributed by atoms with van der Waals surface area (Å²) >= 11 is 0. The number of amides is 1. The predicted octanol–water partition coefficient (Wildman–Crippen LogP) is 3.82. The van der Waals surface area contributed by atoms with Crippen molar-refractivity contribution in [3.8, 4) is 5.75 Å². The number of halogens is 3. The van der Waals surface area contributed by atoms with Gasteiger partial charge in [0.1, 0.15) is 5.75 Å². The lowest BCUT2D eigenvalue weighted by molar-refractivity contribution is -0.274. The van der Waals surface area contributed by atoms with Gasteiger partial charge in [-0.05, 0) is 99.3 Å². The highest BCUT2D eigenvalue weighted by atomic mass is 32.2. The van der Waals surface area contributed by atoms with Gasteiger partial charge in [0.2, 0.25) is 15.9 Å². The highest BCUT2D eigenvalue weighted by Gasteiger charge is 2.61. The van der Waals surface area contributed by atoms with Crippen LogP contribution in [0.15, 0.2) is 29.2 Å². The van der Waals surface area contributed by atoms with Gasteiger partial charge in [0.05, 0.1) is 15.8 Å². The van der Waals surface area contributed by atoms with Crippen LogP contribution in [-0.4, -0.2) is 32.0 Å². The van der Waals surface area contributed by atoms with Crippen LogP contribution in [0.3, 0.4) is 0 Å². The van der Waals surface area contributed by atoms with Crippen LogP contribution in [0.4, 0.5) is 13.2 Å². The second-order valence-corrected chi connectivity index (χ2v) is 12.9. The van der Waals surface area contributed by atoms with Crippen LogP contribution in [0.25, 0.3) is 0 Å². The number of hydrogen-bond donors (Lipinski definition) is 2. The van der Waals surface area contributed by atoms with Crippen molar-refractivity contribution >= 4 is 21.7 Å². The molecule has 4 bridgehead atoms. The van der Waals surface area contributed by atoms with Crippen molar-refractivity contribution in [2.45, 2.75) is 81.0 Å². The smallest absolute Gasteiger partial charge is 0.406 e. The minimum atomic E-state index is -4.88. The molecule has 6 rings (SSSR count). The van der Waals surface area contributed by atoms with E-state index in [1.54, 1.807) is 0 Å². The highest BCUT2D eigenvalue weighted by Crippen LogP contribution is 2.66. The molecule has 192 valence electrons. The molecule has 0 spiro atoms. The molecule has 3 N–H and O–H groups in total. The number of hydrogen-bond acceptors (Lipinski definition) is 5. The maximum absolute atomic E-state index is 13.6. The Labute approximate surface area is 202 Å². The first-order valence-corrected chi connectivity index (χ1v) is 13.5. The molecule has 2 atom stereocenters. The summed E-state index contributed by atoms with van der Waals surface area (Å²) in [5.74, 6) is -0.270. The Morgan fingerprint density at radius 2 is 1.66 bits per heavy atom. The van der Waals surface area contributed by atoms with Crippen LogP contribution in [0.1, 0.15) is 64.2 Å². The van der Waals surface area contributed by atoms with Crippen LogP contribution in [0.5, 0.6) is 5.75 Å². The van der Waals surface area contributed by atoms with E-state index in [1.165, 1.54) is 0 Å². The van der Waals surface area contributed by atoms with Gasteiger partial charge in [0.25, 0.3) is 0 Å². The Morgan fingerprint density at radius 3 is 2.14 bits per heavy atom. The molecule has 1 aromatic carbocycles. The summed E-state index contributed by atoms with van der Waals surface area (Å²) in [5, 5.41) is 0. The molecule has 35 heavy (non-hydrogen) atoms. The number of carbonyl (C=O) groups excluding carboxylic acids is 2. The molecule has 0 heterocycles. The fraction of sp³-hybridized carbons (Fsp3) is 0.667. The van der Waals surface area contributed by atoms with E-state index in [2.05, 4.69) is 9.46 Å². The van der Waals surface area contributed by atoms with Gasteiger partial charge in [0.15, 0.2) is 5.78 Å². The molecule has 2 unspecified atom stereocenters. The fourth-order valence-corrected chi connectivity index (χ4v) is 9.01. The lowest BCUT2D eigenvalue weighted by Gasteiger charge is -2.61. The van der Waals surface area contributed by atoms with Gasteiger partial charge >= 0.3 is 6.36 Å². The third-order valence-corrected chi connectivity index (χ3v) is 10.2. The van der Waals surface area contributed by atoms with Crippen molar-refractivity contribution < 1.29 is 35.9 Å². The first-order valence-electron chi connectivity index (χ1n) is 12.0. The molecule has 5 aliphatic carbocycles. The lowest BCUT2D eigenvalue weighted by Crippen LogP contribution is -2.62. The third-order valence-electron chi connectivity index (χ3n) is 8.68. The summed E-state index contributed by atoms with van der Waals surface area (Å²) in [6.45, 7) is 0. The van der Waals surface area contributed by atoms with Crippen molar-refractivity contribution in [3.63, 3.8) is 0 Å². The number of benzene rings is 1. The number of rotatable bonds is 8. The topological polar surface area (TPSA) is 116 Å². The summed E-state index contributed by atoms with van der Waals surface area (Å²) in [6.07, 6.45) is 1.64. The first kappa shape index (κ1) is 24.5. The second-order valence-electron chi connectivity index (χ2n) is 11.3. The van der Waals surface area contributed by atoms with E-state index >= 15 is 0 Å². The van der Waals surface area contributed by atoms with E-state index < -0.39 is 33.1 Å². The Hall–Kier alpha value is -2.14. The van der Waals surface area contributed by atoms with E-state index in [0.717, 1.165) is 56.4 Å². The number of nitrogens with two attached hydrogens (primary N) is 1. The van der Waals surface area contributed by atoms with Crippen LogP contribution < -0.4 is 15.2 Å². The SMILES string of the molecule is NC(=O)C12CC3CC(CC(CC(=O)C4(NS(=O)(=O)c5ccc(OC(F)(F)F)cc5)CCC4)(C3)C1)C2.